The third kappa shape index (κ3) is 4.03. The van der Waals surface area contributed by atoms with E-state index in [-0.39, 0.29) is 0 Å². The Kier molecular flexibility index (Phi) is 5.51. The quantitative estimate of drug-likeness (QED) is 0.498. The van der Waals surface area contributed by atoms with Crippen LogP contribution in [0.25, 0.3) is 0 Å². The lowest BCUT2D eigenvalue weighted by atomic mass is 10.1. The van der Waals surface area contributed by atoms with Crippen LogP contribution in [-0.2, 0) is 6.54 Å². The van der Waals surface area contributed by atoms with E-state index >= 15 is 0 Å². The van der Waals surface area contributed by atoms with Crippen LogP contribution in [0.4, 0.5) is 0 Å². The minimum absolute atomic E-state index is 0.322. The molecule has 0 amide bonds. The Morgan fingerprint density at radius 3 is 2.87 bits per heavy atom. The molecule has 0 radical (unpaired) electrons. The van der Waals surface area contributed by atoms with Crippen molar-refractivity contribution in [1.82, 2.24) is 14.8 Å². The molecule has 6 heteroatoms. The van der Waals surface area contributed by atoms with Crippen LogP contribution in [0, 0.1) is 0 Å². The first kappa shape index (κ1) is 16.7. The Balaban J connectivity index is 1.46. The molecule has 0 saturated heterocycles. The third-order valence-electron chi connectivity index (χ3n) is 4.06. The fraction of sp³-hybridized carbons (Fsp3) is 0.353. The average molecular weight is 366 g/mol. The number of nitrogens with one attached hydrogen (secondary N) is 1. The summed E-state index contributed by atoms with van der Waals surface area (Å²) in [7, 11) is 0. The van der Waals surface area contributed by atoms with Gasteiger partial charge in [0.25, 0.3) is 0 Å². The minimum Gasteiger partial charge on any atom is -0.362 e. The van der Waals surface area contributed by atoms with E-state index in [1.54, 1.807) is 11.8 Å². The molecular formula is C17H20ClN3S2. The number of thioether (sulfide) groups is 1. The second-order valence-electron chi connectivity index (χ2n) is 5.53. The van der Waals surface area contributed by atoms with Crippen LogP contribution in [-0.4, -0.2) is 33.4 Å². The smallest absolute Gasteiger partial charge is 0.169 e. The van der Waals surface area contributed by atoms with E-state index < -0.39 is 0 Å². The van der Waals surface area contributed by atoms with Gasteiger partial charge >= 0.3 is 0 Å². The summed E-state index contributed by atoms with van der Waals surface area (Å²) in [5.41, 5.74) is 1.33. The molecule has 23 heavy (non-hydrogen) atoms. The van der Waals surface area contributed by atoms with Crippen molar-refractivity contribution in [3.63, 3.8) is 0 Å². The van der Waals surface area contributed by atoms with Crippen molar-refractivity contribution in [2.75, 3.05) is 18.8 Å². The van der Waals surface area contributed by atoms with Gasteiger partial charge in [0.15, 0.2) is 5.11 Å². The highest BCUT2D eigenvalue weighted by Crippen LogP contribution is 2.25. The SMILES string of the molecule is CC1c2cccn2CCN1C(=S)NCCSc1ccc(Cl)cc1. The molecule has 0 spiro atoms. The zero-order valence-corrected chi connectivity index (χ0v) is 15.4. The van der Waals surface area contributed by atoms with Crippen molar-refractivity contribution >= 4 is 40.7 Å². The molecule has 0 bridgehead atoms. The number of thiocarbonyl (C=S) groups is 1. The van der Waals surface area contributed by atoms with E-state index in [4.69, 9.17) is 23.8 Å². The molecule has 1 aromatic heterocycles. The van der Waals surface area contributed by atoms with Crippen LogP contribution in [0.2, 0.25) is 5.02 Å². The molecule has 1 unspecified atom stereocenters. The summed E-state index contributed by atoms with van der Waals surface area (Å²) in [5, 5.41) is 5.01. The summed E-state index contributed by atoms with van der Waals surface area (Å²) in [6.07, 6.45) is 2.14. The topological polar surface area (TPSA) is 20.2 Å². The fourth-order valence-electron chi connectivity index (χ4n) is 2.82. The molecule has 3 nitrogen and oxygen atoms in total. The molecule has 1 N–H and O–H groups in total. The standard InChI is InChI=1S/C17H20ClN3S2/c1-13-16-3-2-9-20(16)10-11-21(13)17(22)19-8-12-23-15-6-4-14(18)5-7-15/h2-7,9,13H,8,10-12H2,1H3,(H,19,22). The number of halogens is 1. The van der Waals surface area contributed by atoms with Crippen molar-refractivity contribution in [3.8, 4) is 0 Å². The lowest BCUT2D eigenvalue weighted by Gasteiger charge is -2.36. The summed E-state index contributed by atoms with van der Waals surface area (Å²) >= 11 is 13.3. The van der Waals surface area contributed by atoms with E-state index in [1.807, 2.05) is 24.3 Å². The van der Waals surface area contributed by atoms with Gasteiger partial charge in [-0.1, -0.05) is 11.6 Å². The molecule has 2 heterocycles. The Morgan fingerprint density at radius 1 is 1.30 bits per heavy atom. The molecule has 122 valence electrons. The van der Waals surface area contributed by atoms with Crippen LogP contribution in [0.1, 0.15) is 18.7 Å². The highest BCUT2D eigenvalue weighted by Gasteiger charge is 2.24. The van der Waals surface area contributed by atoms with Gasteiger partial charge < -0.3 is 14.8 Å². The zero-order chi connectivity index (χ0) is 16.2. The van der Waals surface area contributed by atoms with Crippen LogP contribution in [0.5, 0.6) is 0 Å². The number of aromatic nitrogens is 1. The Labute approximate surface area is 152 Å². The van der Waals surface area contributed by atoms with Crippen LogP contribution < -0.4 is 5.32 Å². The van der Waals surface area contributed by atoms with Gasteiger partial charge in [-0.2, -0.15) is 0 Å². The second kappa shape index (κ2) is 7.60. The van der Waals surface area contributed by atoms with Crippen molar-refractivity contribution in [2.24, 2.45) is 0 Å². The summed E-state index contributed by atoms with van der Waals surface area (Å²) in [4.78, 5) is 3.50. The monoisotopic (exact) mass is 365 g/mol. The largest absolute Gasteiger partial charge is 0.362 e. The van der Waals surface area contributed by atoms with Gasteiger partial charge in [0.2, 0.25) is 0 Å². The number of hydrogen-bond donors (Lipinski definition) is 1. The van der Waals surface area contributed by atoms with Gasteiger partial charge in [-0.15, -0.1) is 11.8 Å². The van der Waals surface area contributed by atoms with Crippen LogP contribution >= 0.6 is 35.6 Å². The van der Waals surface area contributed by atoms with Gasteiger partial charge in [0, 0.05) is 47.2 Å². The van der Waals surface area contributed by atoms with E-state index in [2.05, 4.69) is 40.0 Å². The Hall–Kier alpha value is -1.17. The summed E-state index contributed by atoms with van der Waals surface area (Å²) in [6, 6.07) is 12.5. The van der Waals surface area contributed by atoms with Gasteiger partial charge in [0.1, 0.15) is 0 Å². The molecule has 1 aromatic carbocycles. The van der Waals surface area contributed by atoms with Crippen LogP contribution in [0.15, 0.2) is 47.5 Å². The number of benzene rings is 1. The predicted octanol–water partition coefficient (Wildman–Crippen LogP) is 4.18. The Bertz CT molecular complexity index is 669. The predicted molar refractivity (Wildman–Crippen MR) is 102 cm³/mol. The maximum absolute atomic E-state index is 5.90. The highest BCUT2D eigenvalue weighted by atomic mass is 35.5. The summed E-state index contributed by atoms with van der Waals surface area (Å²) < 4.78 is 2.31. The molecule has 1 aliphatic rings. The van der Waals surface area contributed by atoms with Gasteiger partial charge in [-0.3, -0.25) is 0 Å². The zero-order valence-electron chi connectivity index (χ0n) is 13.0. The van der Waals surface area contributed by atoms with E-state index in [0.717, 1.165) is 35.5 Å². The second-order valence-corrected chi connectivity index (χ2v) is 7.52. The third-order valence-corrected chi connectivity index (χ3v) is 5.71. The van der Waals surface area contributed by atoms with Crippen molar-refractivity contribution in [2.45, 2.75) is 24.4 Å². The van der Waals surface area contributed by atoms with E-state index in [9.17, 15) is 0 Å². The highest BCUT2D eigenvalue weighted by molar-refractivity contribution is 7.99. The molecule has 0 aliphatic carbocycles. The summed E-state index contributed by atoms with van der Waals surface area (Å²) in [5.74, 6) is 0.973. The molecule has 1 aliphatic heterocycles. The van der Waals surface area contributed by atoms with Crippen molar-refractivity contribution < 1.29 is 0 Å². The normalized spacial score (nSPS) is 17.0. The minimum atomic E-state index is 0.322. The van der Waals surface area contributed by atoms with Gasteiger partial charge in [-0.25, -0.2) is 0 Å². The Morgan fingerprint density at radius 2 is 2.09 bits per heavy atom. The number of nitrogens with zero attached hydrogens (tertiary/aromatic N) is 2. The first-order valence-corrected chi connectivity index (χ1v) is 9.50. The van der Waals surface area contributed by atoms with Gasteiger partial charge in [-0.05, 0) is 55.5 Å². The van der Waals surface area contributed by atoms with Crippen molar-refractivity contribution in [3.05, 3.63) is 53.3 Å². The van der Waals surface area contributed by atoms with E-state index in [1.165, 1.54) is 10.6 Å². The molecule has 1 atom stereocenters. The van der Waals surface area contributed by atoms with E-state index in [0.29, 0.717) is 6.04 Å². The average Bonchev–Trinajstić information content (AvgIpc) is 3.03. The number of fused-ring (bicyclic) bond motifs is 1. The van der Waals surface area contributed by atoms with Gasteiger partial charge in [0.05, 0.1) is 6.04 Å². The fourth-order valence-corrected chi connectivity index (χ4v) is 4.06. The lowest BCUT2D eigenvalue weighted by Crippen LogP contribution is -2.46. The molecular weight excluding hydrogens is 346 g/mol. The lowest BCUT2D eigenvalue weighted by molar-refractivity contribution is 0.270. The summed E-state index contributed by atoms with van der Waals surface area (Å²) in [6.45, 7) is 5.02. The molecule has 2 aromatic rings. The van der Waals surface area contributed by atoms with Crippen molar-refractivity contribution in [1.29, 1.82) is 0 Å². The maximum Gasteiger partial charge on any atom is 0.169 e. The first-order valence-electron chi connectivity index (χ1n) is 7.73. The molecule has 0 fully saturated rings. The first-order chi connectivity index (χ1) is 11.1. The maximum atomic E-state index is 5.90. The molecule has 3 rings (SSSR count). The molecule has 0 saturated carbocycles. The number of rotatable bonds is 4. The number of hydrogen-bond acceptors (Lipinski definition) is 2. The van der Waals surface area contributed by atoms with Crippen LogP contribution in [0.3, 0.4) is 0 Å².